The second-order valence-electron chi connectivity index (χ2n) is 7.32. The van der Waals surface area contributed by atoms with Crippen LogP contribution in [0.15, 0.2) is 36.9 Å². The van der Waals surface area contributed by atoms with E-state index in [1.54, 1.807) is 17.0 Å². The molecule has 1 aliphatic heterocycles. The lowest BCUT2D eigenvalue weighted by Crippen LogP contribution is -2.52. The van der Waals surface area contributed by atoms with Crippen molar-refractivity contribution in [2.45, 2.75) is 44.0 Å². The monoisotopic (exact) mass is 396 g/mol. The molecule has 1 atom stereocenters. The fraction of sp³-hybridized carbons (Fsp3) is 0.500. The molecule has 1 heterocycles. The van der Waals surface area contributed by atoms with Crippen molar-refractivity contribution in [1.82, 2.24) is 10.2 Å². The number of halogens is 3. The summed E-state index contributed by atoms with van der Waals surface area (Å²) >= 11 is 0. The van der Waals surface area contributed by atoms with Crippen LogP contribution >= 0.6 is 0 Å². The molecular formula is C20H23F3N2O3. The summed E-state index contributed by atoms with van der Waals surface area (Å²) in [6.07, 6.45) is -0.445. The summed E-state index contributed by atoms with van der Waals surface area (Å²) in [7, 11) is 0. The largest absolute Gasteiger partial charge is 0.573 e. The van der Waals surface area contributed by atoms with Gasteiger partial charge in [-0.15, -0.1) is 13.2 Å². The van der Waals surface area contributed by atoms with E-state index in [9.17, 15) is 22.8 Å². The first kappa shape index (κ1) is 20.2. The number of carbonyl (C=O) groups is 2. The van der Waals surface area contributed by atoms with E-state index in [0.717, 1.165) is 18.4 Å². The van der Waals surface area contributed by atoms with Gasteiger partial charge >= 0.3 is 6.36 Å². The van der Waals surface area contributed by atoms with Gasteiger partial charge in [0.1, 0.15) is 5.75 Å². The molecule has 2 aliphatic rings. The third-order valence-corrected chi connectivity index (χ3v) is 5.34. The molecule has 0 unspecified atom stereocenters. The smallest absolute Gasteiger partial charge is 0.406 e. The summed E-state index contributed by atoms with van der Waals surface area (Å²) in [5.74, 6) is -0.309. The molecule has 5 nitrogen and oxygen atoms in total. The zero-order valence-electron chi connectivity index (χ0n) is 15.4. The van der Waals surface area contributed by atoms with Crippen molar-refractivity contribution in [3.63, 3.8) is 0 Å². The van der Waals surface area contributed by atoms with Crippen LogP contribution in [0.25, 0.3) is 0 Å². The molecule has 1 saturated heterocycles. The number of likely N-dealkylation sites (tertiary alicyclic amines) is 1. The normalized spacial score (nSPS) is 24.8. The predicted octanol–water partition coefficient (Wildman–Crippen LogP) is 3.37. The average Bonchev–Trinajstić information content (AvgIpc) is 2.60. The number of hydrogen-bond acceptors (Lipinski definition) is 3. The predicted molar refractivity (Wildman–Crippen MR) is 96.5 cm³/mol. The highest BCUT2D eigenvalue weighted by Crippen LogP contribution is 2.43. The van der Waals surface area contributed by atoms with E-state index >= 15 is 0 Å². The molecule has 1 saturated carbocycles. The van der Waals surface area contributed by atoms with E-state index in [1.165, 1.54) is 18.2 Å². The second kappa shape index (κ2) is 8.24. The molecule has 1 N–H and O–H groups in total. The first-order chi connectivity index (χ1) is 13.2. The van der Waals surface area contributed by atoms with Crippen molar-refractivity contribution in [3.8, 4) is 5.75 Å². The quantitative estimate of drug-likeness (QED) is 0.777. The van der Waals surface area contributed by atoms with E-state index in [0.29, 0.717) is 25.9 Å². The highest BCUT2D eigenvalue weighted by Gasteiger charge is 2.39. The van der Waals surface area contributed by atoms with Gasteiger partial charge in [0.2, 0.25) is 11.8 Å². The zero-order chi connectivity index (χ0) is 20.3. The Balaban J connectivity index is 1.49. The summed E-state index contributed by atoms with van der Waals surface area (Å²) < 4.78 is 40.5. The third kappa shape index (κ3) is 5.05. The third-order valence-electron chi connectivity index (χ3n) is 5.34. The second-order valence-corrected chi connectivity index (χ2v) is 7.32. The van der Waals surface area contributed by atoms with Crippen molar-refractivity contribution < 1.29 is 27.5 Å². The molecule has 0 bridgehead atoms. The number of nitrogens with zero attached hydrogens (tertiary/aromatic N) is 1. The highest BCUT2D eigenvalue weighted by molar-refractivity contribution is 5.87. The van der Waals surface area contributed by atoms with E-state index in [4.69, 9.17) is 0 Å². The van der Waals surface area contributed by atoms with Crippen LogP contribution in [-0.4, -0.2) is 42.2 Å². The molecule has 0 spiro atoms. The Morgan fingerprint density at radius 1 is 1.21 bits per heavy atom. The summed E-state index contributed by atoms with van der Waals surface area (Å²) in [6.45, 7) is 4.62. The molecule has 0 radical (unpaired) electrons. The van der Waals surface area contributed by atoms with Crippen LogP contribution in [0, 0.1) is 5.92 Å². The Morgan fingerprint density at radius 3 is 2.50 bits per heavy atom. The number of rotatable bonds is 5. The number of hydrogen-bond donors (Lipinski definition) is 1. The van der Waals surface area contributed by atoms with Gasteiger partial charge in [-0.3, -0.25) is 9.59 Å². The zero-order valence-corrected chi connectivity index (χ0v) is 15.4. The maximum Gasteiger partial charge on any atom is 0.573 e. The molecule has 2 amide bonds. The molecule has 1 aromatic rings. The Kier molecular flexibility index (Phi) is 5.96. The summed E-state index contributed by atoms with van der Waals surface area (Å²) in [6, 6.07) is 5.79. The number of amides is 2. The van der Waals surface area contributed by atoms with Gasteiger partial charge in [0.15, 0.2) is 0 Å². The molecule has 1 aromatic carbocycles. The van der Waals surface area contributed by atoms with Crippen molar-refractivity contribution in [3.05, 3.63) is 42.5 Å². The van der Waals surface area contributed by atoms with Gasteiger partial charge < -0.3 is 15.0 Å². The maximum atomic E-state index is 12.7. The van der Waals surface area contributed by atoms with Crippen molar-refractivity contribution in [2.24, 2.45) is 5.92 Å². The van der Waals surface area contributed by atoms with E-state index < -0.39 is 6.36 Å². The highest BCUT2D eigenvalue weighted by atomic mass is 19.4. The number of nitrogens with one attached hydrogen (secondary N) is 1. The Morgan fingerprint density at radius 2 is 1.89 bits per heavy atom. The van der Waals surface area contributed by atoms with Crippen LogP contribution in [0.1, 0.15) is 37.2 Å². The van der Waals surface area contributed by atoms with Gasteiger partial charge in [-0.25, -0.2) is 0 Å². The first-order valence-electron chi connectivity index (χ1n) is 9.32. The maximum absolute atomic E-state index is 12.7. The fourth-order valence-corrected chi connectivity index (χ4v) is 3.85. The van der Waals surface area contributed by atoms with E-state index in [1.807, 2.05) is 0 Å². The van der Waals surface area contributed by atoms with Crippen molar-refractivity contribution >= 4 is 11.8 Å². The topological polar surface area (TPSA) is 58.6 Å². The average molecular weight is 396 g/mol. The number of ether oxygens (including phenoxy) is 1. The Hall–Kier alpha value is -2.51. The molecule has 8 heteroatoms. The summed E-state index contributed by atoms with van der Waals surface area (Å²) in [4.78, 5) is 26.0. The van der Waals surface area contributed by atoms with Crippen LogP contribution in [0.5, 0.6) is 5.75 Å². The molecule has 2 fully saturated rings. The minimum absolute atomic E-state index is 0.0553. The number of piperidine rings is 1. The van der Waals surface area contributed by atoms with Gasteiger partial charge in [0, 0.05) is 25.0 Å². The van der Waals surface area contributed by atoms with E-state index in [-0.39, 0.29) is 35.4 Å². The Labute approximate surface area is 161 Å². The first-order valence-corrected chi connectivity index (χ1v) is 9.32. The lowest BCUT2D eigenvalue weighted by Gasteiger charge is -2.40. The number of benzene rings is 1. The van der Waals surface area contributed by atoms with Gasteiger partial charge in [-0.05, 0) is 55.4 Å². The van der Waals surface area contributed by atoms with Crippen molar-refractivity contribution in [1.29, 1.82) is 0 Å². The SMILES string of the molecule is C=CC(=O)N[C@@H]1CCCN(C(=O)C2CC(c3ccc(OC(F)(F)F)cc3)C2)C1. The standard InChI is InChI=1S/C20H23F3N2O3/c1-2-18(26)24-16-4-3-9-25(12-16)19(27)15-10-14(11-15)13-5-7-17(8-6-13)28-20(21,22)23/h2,5-8,14-16H,1,3-4,9-12H2,(H,24,26)/t14?,15?,16-/m1/s1. The Bertz CT molecular complexity index is 727. The van der Waals surface area contributed by atoms with Gasteiger partial charge in [0.05, 0.1) is 0 Å². The van der Waals surface area contributed by atoms with Crippen LogP contribution in [0.3, 0.4) is 0 Å². The summed E-state index contributed by atoms with van der Waals surface area (Å²) in [5, 5.41) is 2.84. The van der Waals surface area contributed by atoms with Crippen LogP contribution in [0.2, 0.25) is 0 Å². The molecule has 3 rings (SSSR count). The molecule has 0 aromatic heterocycles. The number of carbonyl (C=O) groups excluding carboxylic acids is 2. The van der Waals surface area contributed by atoms with Crippen LogP contribution in [-0.2, 0) is 9.59 Å². The van der Waals surface area contributed by atoms with Gasteiger partial charge in [-0.2, -0.15) is 0 Å². The fourth-order valence-electron chi connectivity index (χ4n) is 3.85. The molecule has 152 valence electrons. The van der Waals surface area contributed by atoms with Crippen molar-refractivity contribution in [2.75, 3.05) is 13.1 Å². The lowest BCUT2D eigenvalue weighted by atomic mass is 9.70. The van der Waals surface area contributed by atoms with Crippen LogP contribution in [0.4, 0.5) is 13.2 Å². The van der Waals surface area contributed by atoms with E-state index in [2.05, 4.69) is 16.6 Å². The molecule has 1 aliphatic carbocycles. The van der Waals surface area contributed by atoms with Gasteiger partial charge in [0.25, 0.3) is 0 Å². The van der Waals surface area contributed by atoms with Gasteiger partial charge in [-0.1, -0.05) is 18.7 Å². The summed E-state index contributed by atoms with van der Waals surface area (Å²) in [5.41, 5.74) is 0.911. The lowest BCUT2D eigenvalue weighted by molar-refractivity contribution is -0.274. The number of alkyl halides is 3. The molecular weight excluding hydrogens is 373 g/mol. The van der Waals surface area contributed by atoms with Crippen LogP contribution < -0.4 is 10.1 Å². The molecule has 28 heavy (non-hydrogen) atoms. The minimum Gasteiger partial charge on any atom is -0.406 e. The minimum atomic E-state index is -4.70.